The van der Waals surface area contributed by atoms with Gasteiger partial charge in [0.2, 0.25) is 0 Å². The van der Waals surface area contributed by atoms with Gasteiger partial charge in [-0.2, -0.15) is 0 Å². The molecule has 10 nitrogen and oxygen atoms in total. The number of halogens is 3. The number of fused-ring (bicyclic) bond motifs is 3. The van der Waals surface area contributed by atoms with Gasteiger partial charge in [-0.05, 0) is 19.3 Å². The van der Waals surface area contributed by atoms with Crippen molar-refractivity contribution < 1.29 is 48.2 Å². The molecule has 6 saturated heterocycles. The minimum atomic E-state index is -0.417. The third kappa shape index (κ3) is 5.20. The second kappa shape index (κ2) is 10.5. The van der Waals surface area contributed by atoms with Crippen molar-refractivity contribution in [2.45, 2.75) is 76.3 Å². The van der Waals surface area contributed by atoms with Crippen LogP contribution >= 0.6 is 47.8 Å². The number of carbonyl (C=O) groups excluding carboxylic acids is 1. The van der Waals surface area contributed by atoms with Crippen molar-refractivity contribution in [1.82, 2.24) is 0 Å². The molecule has 33 heavy (non-hydrogen) atoms. The highest BCUT2D eigenvalue weighted by Gasteiger charge is 2.56. The maximum atomic E-state index is 10.8. The Morgan fingerprint density at radius 1 is 0.727 bits per heavy atom. The molecule has 2 N–H and O–H groups in total. The third-order valence-electron chi connectivity index (χ3n) is 6.60. The lowest BCUT2D eigenvalue weighted by molar-refractivity contribution is -0.147. The summed E-state index contributed by atoms with van der Waals surface area (Å²) in [6.07, 6.45) is 0.687. The van der Waals surface area contributed by atoms with Gasteiger partial charge in [0, 0.05) is 6.92 Å². The molecule has 13 heteroatoms. The molecule has 0 saturated carbocycles. The van der Waals surface area contributed by atoms with Gasteiger partial charge in [0.25, 0.3) is 0 Å². The van der Waals surface area contributed by atoms with E-state index in [0.717, 1.165) is 19.3 Å². The predicted molar refractivity (Wildman–Crippen MR) is 123 cm³/mol. The summed E-state index contributed by atoms with van der Waals surface area (Å²) in [6, 6.07) is 0. The van der Waals surface area contributed by atoms with Crippen LogP contribution in [0.15, 0.2) is 0 Å². The van der Waals surface area contributed by atoms with E-state index in [2.05, 4.69) is 47.8 Å². The first-order valence-electron chi connectivity index (χ1n) is 10.9. The highest BCUT2D eigenvalue weighted by Crippen LogP contribution is 2.45. The van der Waals surface area contributed by atoms with E-state index in [0.29, 0.717) is 39.6 Å². The van der Waals surface area contributed by atoms with Crippen molar-refractivity contribution in [3.63, 3.8) is 0 Å². The van der Waals surface area contributed by atoms with Gasteiger partial charge in [0.1, 0.15) is 19.1 Å². The number of aliphatic hydroxyl groups is 2. The lowest BCUT2D eigenvalue weighted by Gasteiger charge is -2.24. The first-order chi connectivity index (χ1) is 15.6. The smallest absolute Gasteiger partial charge is 0.303 e. The van der Waals surface area contributed by atoms with E-state index < -0.39 is 12.2 Å². The van der Waals surface area contributed by atoms with Crippen LogP contribution in [0.3, 0.4) is 0 Å². The molecule has 6 aliphatic rings. The second-order valence-electron chi connectivity index (χ2n) is 8.77. The van der Waals surface area contributed by atoms with E-state index >= 15 is 0 Å². The maximum Gasteiger partial charge on any atom is 0.303 e. The lowest BCUT2D eigenvalue weighted by Crippen LogP contribution is -2.39. The molecule has 6 fully saturated rings. The summed E-state index contributed by atoms with van der Waals surface area (Å²) in [5.74, 6) is -0.278. The number of esters is 1. The van der Waals surface area contributed by atoms with Gasteiger partial charge < -0.3 is 43.4 Å². The zero-order valence-electron chi connectivity index (χ0n) is 18.1. The summed E-state index contributed by atoms with van der Waals surface area (Å²) in [7, 11) is 0. The van der Waals surface area contributed by atoms with Gasteiger partial charge in [-0.3, -0.25) is 4.79 Å². The Balaban J connectivity index is 0.000000119. The summed E-state index contributed by atoms with van der Waals surface area (Å²) in [6.45, 7) is 4.58. The van der Waals surface area contributed by atoms with Crippen molar-refractivity contribution in [3.8, 4) is 0 Å². The van der Waals surface area contributed by atoms with Gasteiger partial charge in [0.15, 0.2) is 18.9 Å². The molecular weight excluding hydrogens is 640 g/mol. The first-order valence-corrected chi connectivity index (χ1v) is 13.3. The Morgan fingerprint density at radius 3 is 1.55 bits per heavy atom. The monoisotopic (exact) mass is 666 g/mol. The van der Waals surface area contributed by atoms with Crippen LogP contribution in [0.25, 0.3) is 0 Å². The summed E-state index contributed by atoms with van der Waals surface area (Å²) < 4.78 is 35.7. The zero-order valence-corrected chi connectivity index (χ0v) is 22.9. The quantitative estimate of drug-likeness (QED) is 0.313. The summed E-state index contributed by atoms with van der Waals surface area (Å²) >= 11 is 10.4. The van der Waals surface area contributed by atoms with Crippen LogP contribution < -0.4 is 0 Å². The fourth-order valence-electron chi connectivity index (χ4n) is 4.54. The van der Waals surface area contributed by atoms with E-state index in [1.54, 1.807) is 0 Å². The number of carbonyl (C=O) groups is 1. The number of aliphatic hydroxyl groups excluding tert-OH is 2. The topological polar surface area (TPSA) is 122 Å². The predicted octanol–water partition coefficient (Wildman–Crippen LogP) is 1.34. The number of rotatable bonds is 1. The fourth-order valence-corrected chi connectivity index (χ4v) is 6.30. The molecule has 6 rings (SSSR count). The molecule has 0 aromatic carbocycles. The number of hydrogen-bond donors (Lipinski definition) is 2. The molecule has 0 aromatic heterocycles. The summed E-state index contributed by atoms with van der Waals surface area (Å²) in [5.41, 5.74) is 0. The second-order valence-corrected chi connectivity index (χ2v) is 13.2. The maximum absolute atomic E-state index is 10.8. The molecule has 0 aliphatic carbocycles. The van der Waals surface area contributed by atoms with E-state index in [4.69, 9.17) is 33.2 Å². The minimum Gasteiger partial charge on any atom is -0.458 e. The molecular formula is C20H29Br3O10. The van der Waals surface area contributed by atoms with Crippen LogP contribution in [-0.4, -0.2) is 106 Å². The average Bonchev–Trinajstić information content (AvgIpc) is 3.56. The van der Waals surface area contributed by atoms with Crippen LogP contribution in [0, 0.1) is 0 Å². The standard InChI is InChI=1S/C8H11BrO4.2C6H9BrO3/c1-5(10)13-6-4-12-7-8(6,9)2-3-11-7;2*7-6-1-2-9-5(6)10-3-4(6)8/h6-7H,2-4H2,1H3;2*4-5,8H,1-3H2/t6-,7+,8+;2*4-,5+,6+/m100/s1. The largest absolute Gasteiger partial charge is 0.458 e. The molecule has 0 spiro atoms. The molecule has 0 aromatic rings. The van der Waals surface area contributed by atoms with Crippen molar-refractivity contribution in [3.05, 3.63) is 0 Å². The van der Waals surface area contributed by atoms with E-state index in [-0.39, 0.29) is 43.9 Å². The van der Waals surface area contributed by atoms with Crippen molar-refractivity contribution in [1.29, 1.82) is 0 Å². The van der Waals surface area contributed by atoms with Crippen LogP contribution in [0.4, 0.5) is 0 Å². The Morgan fingerprint density at radius 2 is 1.12 bits per heavy atom. The van der Waals surface area contributed by atoms with Gasteiger partial charge in [0.05, 0.1) is 51.8 Å². The first kappa shape index (κ1) is 26.6. The Bertz CT molecular complexity index is 684. The van der Waals surface area contributed by atoms with Gasteiger partial charge in [-0.15, -0.1) is 0 Å². The number of ether oxygens (including phenoxy) is 7. The Labute approximate surface area is 217 Å². The SMILES string of the molecule is CC(=O)O[C@@H]1CO[C@@H]2OCC[C@@]21Br.O[C@H]1CO[C@H]2OCC[C@]21Br.O[C@H]1CO[C@H]2OCC[C@]21Br. The van der Waals surface area contributed by atoms with E-state index in [1.165, 1.54) is 6.92 Å². The molecule has 190 valence electrons. The fraction of sp³-hybridized carbons (Fsp3) is 0.950. The molecule has 0 bridgehead atoms. The van der Waals surface area contributed by atoms with E-state index in [1.807, 2.05) is 0 Å². The lowest BCUT2D eigenvalue weighted by atomic mass is 10.0. The van der Waals surface area contributed by atoms with E-state index in [9.17, 15) is 15.0 Å². The Kier molecular flexibility index (Phi) is 8.50. The molecule has 0 radical (unpaired) electrons. The van der Waals surface area contributed by atoms with Crippen LogP contribution in [0.5, 0.6) is 0 Å². The summed E-state index contributed by atoms with van der Waals surface area (Å²) in [5, 5.41) is 18.8. The highest BCUT2D eigenvalue weighted by atomic mass is 79.9. The molecule has 9 atom stereocenters. The van der Waals surface area contributed by atoms with Gasteiger partial charge in [-0.25, -0.2) is 0 Å². The highest BCUT2D eigenvalue weighted by molar-refractivity contribution is 9.10. The molecule has 0 amide bonds. The molecule has 6 aliphatic heterocycles. The minimum absolute atomic E-state index is 0.225. The van der Waals surface area contributed by atoms with Crippen molar-refractivity contribution in [2.75, 3.05) is 39.6 Å². The van der Waals surface area contributed by atoms with Crippen LogP contribution in [-0.2, 0) is 38.0 Å². The normalized spacial score (nSPS) is 49.4. The Hall–Kier alpha value is 0.590. The van der Waals surface area contributed by atoms with Gasteiger partial charge in [-0.1, -0.05) is 47.8 Å². The van der Waals surface area contributed by atoms with Crippen molar-refractivity contribution >= 4 is 53.8 Å². The van der Waals surface area contributed by atoms with Crippen LogP contribution in [0.2, 0.25) is 0 Å². The van der Waals surface area contributed by atoms with Gasteiger partial charge >= 0.3 is 5.97 Å². The van der Waals surface area contributed by atoms with Crippen molar-refractivity contribution in [2.24, 2.45) is 0 Å². The molecule has 0 unspecified atom stereocenters. The zero-order chi connectivity index (χ0) is 23.9. The average molecular weight is 669 g/mol. The van der Waals surface area contributed by atoms with Crippen LogP contribution in [0.1, 0.15) is 26.2 Å². The molecule has 6 heterocycles. The number of alkyl halides is 3. The third-order valence-corrected chi connectivity index (χ3v) is 10.5. The summed E-state index contributed by atoms with van der Waals surface area (Å²) in [4.78, 5) is 10.8. The number of hydrogen-bond acceptors (Lipinski definition) is 10.